The van der Waals surface area contributed by atoms with Gasteiger partial charge < -0.3 is 9.64 Å². The van der Waals surface area contributed by atoms with Crippen molar-refractivity contribution < 1.29 is 14.3 Å². The molecule has 2 aromatic rings. The molecule has 0 aliphatic carbocycles. The van der Waals surface area contributed by atoms with Crippen LogP contribution in [-0.4, -0.2) is 53.0 Å². The number of fused-ring (bicyclic) bond motifs is 1. The van der Waals surface area contributed by atoms with Gasteiger partial charge in [-0.1, -0.05) is 18.2 Å². The zero-order valence-electron chi connectivity index (χ0n) is 13.8. The maximum atomic E-state index is 12.9. The first-order valence-electron chi connectivity index (χ1n) is 7.92. The Balaban J connectivity index is 1.74. The zero-order chi connectivity index (χ0) is 17.1. The third kappa shape index (κ3) is 3.53. The number of nitrogens with zero attached hydrogens (tertiary/aromatic N) is 2. The Labute approximate surface area is 145 Å². The van der Waals surface area contributed by atoms with Crippen molar-refractivity contribution in [2.75, 3.05) is 26.0 Å². The van der Waals surface area contributed by atoms with Crippen molar-refractivity contribution in [3.8, 4) is 0 Å². The molecule has 0 bridgehead atoms. The Morgan fingerprint density at radius 3 is 2.96 bits per heavy atom. The molecule has 0 saturated carbocycles. The number of hydrogen-bond donors (Lipinski definition) is 0. The van der Waals surface area contributed by atoms with E-state index in [2.05, 4.69) is 9.72 Å². The largest absolute Gasteiger partial charge is 0.468 e. The van der Waals surface area contributed by atoms with Gasteiger partial charge in [0.2, 0.25) is 0 Å². The van der Waals surface area contributed by atoms with E-state index < -0.39 is 0 Å². The summed E-state index contributed by atoms with van der Waals surface area (Å²) in [5.74, 6) is 0.122. The fourth-order valence-corrected chi connectivity index (χ4v) is 3.93. The van der Waals surface area contributed by atoms with Crippen LogP contribution in [0.25, 0.3) is 10.9 Å². The van der Waals surface area contributed by atoms with E-state index >= 15 is 0 Å². The maximum Gasteiger partial charge on any atom is 0.315 e. The molecule has 1 aliphatic heterocycles. The smallest absolute Gasteiger partial charge is 0.315 e. The highest BCUT2D eigenvalue weighted by Crippen LogP contribution is 2.26. The number of aromatic nitrogens is 1. The minimum atomic E-state index is -0.224. The molecular formula is C18H20N2O3S. The van der Waals surface area contributed by atoms with Crippen LogP contribution in [0, 0.1) is 6.92 Å². The van der Waals surface area contributed by atoms with Crippen molar-refractivity contribution in [1.29, 1.82) is 0 Å². The number of pyridine rings is 1. The number of thioether (sulfide) groups is 1. The second-order valence-electron chi connectivity index (χ2n) is 5.88. The molecule has 1 fully saturated rings. The average molecular weight is 344 g/mol. The molecule has 2 heterocycles. The number of carbonyl (C=O) groups is 2. The maximum absolute atomic E-state index is 12.9. The molecule has 24 heavy (non-hydrogen) atoms. The van der Waals surface area contributed by atoms with E-state index in [1.807, 2.05) is 42.2 Å². The van der Waals surface area contributed by atoms with Crippen molar-refractivity contribution in [2.45, 2.75) is 18.6 Å². The molecule has 5 nitrogen and oxygen atoms in total. The second-order valence-corrected chi connectivity index (χ2v) is 7.17. The van der Waals surface area contributed by atoms with Gasteiger partial charge in [-0.15, -0.1) is 11.8 Å². The Bertz CT molecular complexity index is 778. The lowest BCUT2D eigenvalue weighted by molar-refractivity contribution is -0.137. The first kappa shape index (κ1) is 16.8. The van der Waals surface area contributed by atoms with Gasteiger partial charge in [0.1, 0.15) is 0 Å². The molecule has 0 N–H and O–H groups in total. The van der Waals surface area contributed by atoms with Crippen LogP contribution in [0.4, 0.5) is 0 Å². The summed E-state index contributed by atoms with van der Waals surface area (Å²) in [4.78, 5) is 30.5. The van der Waals surface area contributed by atoms with Gasteiger partial charge in [0, 0.05) is 29.4 Å². The van der Waals surface area contributed by atoms with Crippen LogP contribution in [0.2, 0.25) is 0 Å². The van der Waals surface area contributed by atoms with Gasteiger partial charge in [-0.2, -0.15) is 0 Å². The number of rotatable bonds is 4. The molecule has 1 saturated heterocycles. The SMILES string of the molecule is COC(=O)CS[C@H]1CCN(C(=O)c2cccc3ccc(C)nc23)C1. The lowest BCUT2D eigenvalue weighted by Gasteiger charge is -2.17. The molecule has 6 heteroatoms. The normalized spacial score (nSPS) is 17.2. The third-order valence-electron chi connectivity index (χ3n) is 4.19. The molecule has 0 spiro atoms. The number of methoxy groups -OCH3 is 1. The summed E-state index contributed by atoms with van der Waals surface area (Å²) in [7, 11) is 1.39. The Morgan fingerprint density at radius 2 is 2.17 bits per heavy atom. The molecule has 0 unspecified atom stereocenters. The van der Waals surface area contributed by atoms with E-state index in [-0.39, 0.29) is 17.1 Å². The molecule has 1 aliphatic rings. The predicted octanol–water partition coefficient (Wildman–Crippen LogP) is 2.66. The fraction of sp³-hybridized carbons (Fsp3) is 0.389. The van der Waals surface area contributed by atoms with E-state index in [9.17, 15) is 9.59 Å². The minimum absolute atomic E-state index is 0.0138. The zero-order valence-corrected chi connectivity index (χ0v) is 14.6. The van der Waals surface area contributed by atoms with Crippen molar-refractivity contribution in [2.24, 2.45) is 0 Å². The highest BCUT2D eigenvalue weighted by molar-refractivity contribution is 8.00. The second kappa shape index (κ2) is 7.21. The van der Waals surface area contributed by atoms with Gasteiger partial charge in [-0.3, -0.25) is 14.6 Å². The summed E-state index contributed by atoms with van der Waals surface area (Å²) in [6, 6.07) is 9.65. The van der Waals surface area contributed by atoms with E-state index in [1.165, 1.54) is 7.11 Å². The average Bonchev–Trinajstić information content (AvgIpc) is 3.07. The third-order valence-corrected chi connectivity index (χ3v) is 5.45. The van der Waals surface area contributed by atoms with E-state index in [0.717, 1.165) is 23.0 Å². The summed E-state index contributed by atoms with van der Waals surface area (Å²) < 4.78 is 4.66. The lowest BCUT2D eigenvalue weighted by Crippen LogP contribution is -2.29. The Kier molecular flexibility index (Phi) is 5.04. The molecule has 3 rings (SSSR count). The van der Waals surface area contributed by atoms with Gasteiger partial charge in [0.25, 0.3) is 5.91 Å². The standard InChI is InChI=1S/C18H20N2O3S/c1-12-6-7-13-4-3-5-15(17(13)19-12)18(22)20-9-8-14(10-20)24-11-16(21)23-2/h3-7,14H,8-11H2,1-2H3/t14-/m0/s1. The minimum Gasteiger partial charge on any atom is -0.468 e. The van der Waals surface area contributed by atoms with Crippen molar-refractivity contribution in [1.82, 2.24) is 9.88 Å². The Hall–Kier alpha value is -2.08. The summed E-state index contributed by atoms with van der Waals surface area (Å²) in [6.07, 6.45) is 0.893. The molecule has 1 aromatic carbocycles. The number of aryl methyl sites for hydroxylation is 1. The van der Waals surface area contributed by atoms with Crippen LogP contribution in [0.5, 0.6) is 0 Å². The molecule has 1 atom stereocenters. The number of amides is 1. The van der Waals surface area contributed by atoms with Crippen LogP contribution in [0.3, 0.4) is 0 Å². The topological polar surface area (TPSA) is 59.5 Å². The fourth-order valence-electron chi connectivity index (χ4n) is 2.88. The van der Waals surface area contributed by atoms with E-state index in [0.29, 0.717) is 24.4 Å². The first-order valence-corrected chi connectivity index (χ1v) is 8.97. The molecule has 0 radical (unpaired) electrons. The van der Waals surface area contributed by atoms with Gasteiger partial charge in [-0.05, 0) is 25.5 Å². The molecular weight excluding hydrogens is 324 g/mol. The highest BCUT2D eigenvalue weighted by atomic mass is 32.2. The van der Waals surface area contributed by atoms with E-state index in [4.69, 9.17) is 0 Å². The summed E-state index contributed by atoms with van der Waals surface area (Å²) in [6.45, 7) is 3.29. The van der Waals surface area contributed by atoms with Crippen LogP contribution < -0.4 is 0 Å². The van der Waals surface area contributed by atoms with Crippen LogP contribution in [0.15, 0.2) is 30.3 Å². The van der Waals surface area contributed by atoms with E-state index in [1.54, 1.807) is 11.8 Å². The number of esters is 1. The van der Waals surface area contributed by atoms with Gasteiger partial charge in [-0.25, -0.2) is 0 Å². The van der Waals surface area contributed by atoms with Gasteiger partial charge in [0.05, 0.1) is 23.9 Å². The van der Waals surface area contributed by atoms with Gasteiger partial charge >= 0.3 is 5.97 Å². The predicted molar refractivity (Wildman–Crippen MR) is 95.3 cm³/mol. The Morgan fingerprint density at radius 1 is 1.33 bits per heavy atom. The van der Waals surface area contributed by atoms with Crippen LogP contribution in [0.1, 0.15) is 22.5 Å². The van der Waals surface area contributed by atoms with Crippen molar-refractivity contribution in [3.63, 3.8) is 0 Å². The number of carbonyl (C=O) groups excluding carboxylic acids is 2. The molecule has 1 amide bonds. The summed E-state index contributed by atoms with van der Waals surface area (Å²) >= 11 is 1.56. The molecule has 1 aromatic heterocycles. The van der Waals surface area contributed by atoms with Gasteiger partial charge in [0.15, 0.2) is 0 Å². The summed E-state index contributed by atoms with van der Waals surface area (Å²) in [5, 5.41) is 1.25. The number of ether oxygens (including phenoxy) is 1. The van der Waals surface area contributed by atoms with Crippen molar-refractivity contribution in [3.05, 3.63) is 41.6 Å². The quantitative estimate of drug-likeness (QED) is 0.798. The first-order chi connectivity index (χ1) is 11.6. The lowest BCUT2D eigenvalue weighted by atomic mass is 10.1. The van der Waals surface area contributed by atoms with Crippen LogP contribution >= 0.6 is 11.8 Å². The summed E-state index contributed by atoms with van der Waals surface area (Å²) in [5.41, 5.74) is 2.30. The van der Waals surface area contributed by atoms with Crippen molar-refractivity contribution >= 4 is 34.5 Å². The monoisotopic (exact) mass is 344 g/mol. The van der Waals surface area contributed by atoms with Crippen LogP contribution in [-0.2, 0) is 9.53 Å². The highest BCUT2D eigenvalue weighted by Gasteiger charge is 2.28. The number of benzene rings is 1. The number of para-hydroxylation sites is 1. The number of hydrogen-bond acceptors (Lipinski definition) is 5. The molecule has 126 valence electrons. The number of likely N-dealkylation sites (tertiary alicyclic amines) is 1.